The van der Waals surface area contributed by atoms with Crippen LogP contribution >= 0.6 is 0 Å². The Morgan fingerprint density at radius 1 is 1.56 bits per heavy atom. The van der Waals surface area contributed by atoms with Crippen molar-refractivity contribution in [3.8, 4) is 11.8 Å². The number of methoxy groups -OCH3 is 1. The Morgan fingerprint density at radius 3 is 2.67 bits per heavy atom. The van der Waals surface area contributed by atoms with Crippen LogP contribution in [0.3, 0.4) is 0 Å². The molecule has 0 unspecified atom stereocenters. The lowest BCUT2D eigenvalue weighted by molar-refractivity contribution is -0.152. The monoisotopic (exact) mass is 248 g/mol. The van der Waals surface area contributed by atoms with Crippen LogP contribution in [0.25, 0.3) is 0 Å². The van der Waals surface area contributed by atoms with E-state index >= 15 is 0 Å². The highest BCUT2D eigenvalue weighted by molar-refractivity contribution is 5.77. The average molecular weight is 248 g/mol. The van der Waals surface area contributed by atoms with Gasteiger partial charge in [-0.05, 0) is 19.9 Å². The fourth-order valence-corrected chi connectivity index (χ4v) is 1.68. The van der Waals surface area contributed by atoms with Gasteiger partial charge < -0.3 is 15.6 Å². The number of nitriles is 1. The predicted molar refractivity (Wildman–Crippen MR) is 65.5 cm³/mol. The zero-order chi connectivity index (χ0) is 13.9. The molecule has 0 spiro atoms. The lowest BCUT2D eigenvalue weighted by atomic mass is 9.80. The minimum absolute atomic E-state index is 0.128. The maximum atomic E-state index is 11.7. The number of carbonyl (C=O) groups excluding carboxylic acids is 1. The maximum absolute atomic E-state index is 11.7. The Hall–Kier alpha value is -2.06. The van der Waals surface area contributed by atoms with Gasteiger partial charge in [-0.3, -0.25) is 4.79 Å². The SMILES string of the molecule is COC(=O)C(C)(C)[C@@H](N)c1cccc(C#N)c1O. The molecule has 0 aliphatic rings. The maximum Gasteiger partial charge on any atom is 0.313 e. The minimum atomic E-state index is -1.000. The summed E-state index contributed by atoms with van der Waals surface area (Å²) in [6, 6.07) is 5.78. The summed E-state index contributed by atoms with van der Waals surface area (Å²) in [7, 11) is 1.28. The van der Waals surface area contributed by atoms with Crippen LogP contribution in [0, 0.1) is 16.7 Å². The van der Waals surface area contributed by atoms with Gasteiger partial charge in [0, 0.05) is 11.6 Å². The number of esters is 1. The third-order valence-electron chi connectivity index (χ3n) is 3.01. The van der Waals surface area contributed by atoms with Crippen LogP contribution in [-0.4, -0.2) is 18.2 Å². The van der Waals surface area contributed by atoms with Crippen LogP contribution in [0.1, 0.15) is 31.0 Å². The van der Waals surface area contributed by atoms with Gasteiger partial charge in [-0.25, -0.2) is 0 Å². The molecule has 96 valence electrons. The van der Waals surface area contributed by atoms with E-state index in [4.69, 9.17) is 11.0 Å². The van der Waals surface area contributed by atoms with E-state index in [0.29, 0.717) is 5.56 Å². The predicted octanol–water partition coefficient (Wildman–Crippen LogP) is 1.46. The standard InChI is InChI=1S/C13H16N2O3/c1-13(2,12(17)18-3)11(15)9-6-4-5-8(7-14)10(9)16/h4-6,11,16H,15H2,1-3H3/t11-/m0/s1. The molecule has 5 nitrogen and oxygen atoms in total. The summed E-state index contributed by atoms with van der Waals surface area (Å²) in [5.74, 6) is -0.666. The molecule has 1 aromatic rings. The van der Waals surface area contributed by atoms with Gasteiger partial charge in [0.2, 0.25) is 0 Å². The highest BCUT2D eigenvalue weighted by atomic mass is 16.5. The molecule has 0 saturated heterocycles. The van der Waals surface area contributed by atoms with Crippen LogP contribution in [0.5, 0.6) is 5.75 Å². The molecule has 0 radical (unpaired) electrons. The molecule has 0 saturated carbocycles. The van der Waals surface area contributed by atoms with Crippen molar-refractivity contribution in [3.63, 3.8) is 0 Å². The van der Waals surface area contributed by atoms with Crippen LogP contribution < -0.4 is 5.73 Å². The number of nitrogens with two attached hydrogens (primary N) is 1. The lowest BCUT2D eigenvalue weighted by Gasteiger charge is -2.29. The summed E-state index contributed by atoms with van der Waals surface area (Å²) in [6.45, 7) is 3.25. The summed E-state index contributed by atoms with van der Waals surface area (Å²) in [5, 5.41) is 18.8. The molecule has 18 heavy (non-hydrogen) atoms. The number of phenols is 1. The Balaban J connectivity index is 3.24. The molecule has 1 rings (SSSR count). The van der Waals surface area contributed by atoms with E-state index in [1.807, 2.05) is 6.07 Å². The van der Waals surface area contributed by atoms with E-state index in [1.54, 1.807) is 26.0 Å². The normalized spacial score (nSPS) is 12.6. The van der Waals surface area contributed by atoms with Gasteiger partial charge >= 0.3 is 5.97 Å². The van der Waals surface area contributed by atoms with Gasteiger partial charge in [-0.15, -0.1) is 0 Å². The number of hydrogen-bond donors (Lipinski definition) is 2. The third kappa shape index (κ3) is 2.29. The highest BCUT2D eigenvalue weighted by Crippen LogP contribution is 2.37. The average Bonchev–Trinajstić information content (AvgIpc) is 2.37. The number of hydrogen-bond acceptors (Lipinski definition) is 5. The Labute approximate surface area is 106 Å². The first-order chi connectivity index (χ1) is 8.36. The Morgan fingerprint density at radius 2 is 2.17 bits per heavy atom. The summed E-state index contributed by atoms with van der Waals surface area (Å²) >= 11 is 0. The number of ether oxygens (including phenoxy) is 1. The topological polar surface area (TPSA) is 96.3 Å². The molecule has 0 fully saturated rings. The molecule has 0 aliphatic carbocycles. The number of phenolic OH excluding ortho intramolecular Hbond substituents is 1. The zero-order valence-corrected chi connectivity index (χ0v) is 10.6. The number of para-hydroxylation sites is 1. The number of carbonyl (C=O) groups is 1. The van der Waals surface area contributed by atoms with Crippen LogP contribution in [0.4, 0.5) is 0 Å². The van der Waals surface area contributed by atoms with E-state index in [-0.39, 0.29) is 11.3 Å². The van der Waals surface area contributed by atoms with Gasteiger partial charge in [0.1, 0.15) is 11.8 Å². The van der Waals surface area contributed by atoms with Crippen LogP contribution in [0.2, 0.25) is 0 Å². The highest BCUT2D eigenvalue weighted by Gasteiger charge is 2.38. The van der Waals surface area contributed by atoms with Crippen LogP contribution in [0.15, 0.2) is 18.2 Å². The molecule has 0 heterocycles. The summed E-state index contributed by atoms with van der Waals surface area (Å²) in [5.41, 5.74) is 5.48. The second kappa shape index (κ2) is 5.07. The van der Waals surface area contributed by atoms with Crippen LogP contribution in [-0.2, 0) is 9.53 Å². The molecule has 0 aromatic heterocycles. The second-order valence-electron chi connectivity index (χ2n) is 4.55. The van der Waals surface area contributed by atoms with E-state index < -0.39 is 17.4 Å². The zero-order valence-electron chi connectivity index (χ0n) is 10.6. The van der Waals surface area contributed by atoms with E-state index in [2.05, 4.69) is 4.74 Å². The second-order valence-corrected chi connectivity index (χ2v) is 4.55. The lowest BCUT2D eigenvalue weighted by Crippen LogP contribution is -2.37. The van der Waals surface area contributed by atoms with Crippen molar-refractivity contribution in [2.45, 2.75) is 19.9 Å². The molecule has 1 aromatic carbocycles. The molecular formula is C13H16N2O3. The Kier molecular flexibility index (Phi) is 3.94. The van der Waals surface area contributed by atoms with Crippen molar-refractivity contribution in [2.24, 2.45) is 11.1 Å². The minimum Gasteiger partial charge on any atom is -0.506 e. The van der Waals surface area contributed by atoms with Crippen molar-refractivity contribution < 1.29 is 14.6 Å². The van der Waals surface area contributed by atoms with E-state index in [0.717, 1.165) is 0 Å². The van der Waals surface area contributed by atoms with Gasteiger partial charge in [-0.1, -0.05) is 12.1 Å². The first kappa shape index (κ1) is 14.0. The molecular weight excluding hydrogens is 232 g/mol. The molecule has 5 heteroatoms. The fraction of sp³-hybridized carbons (Fsp3) is 0.385. The number of nitrogens with zero attached hydrogens (tertiary/aromatic N) is 1. The molecule has 0 amide bonds. The summed E-state index contributed by atoms with van der Waals surface area (Å²) in [4.78, 5) is 11.7. The van der Waals surface area contributed by atoms with Gasteiger partial charge in [-0.2, -0.15) is 5.26 Å². The smallest absolute Gasteiger partial charge is 0.313 e. The Bertz CT molecular complexity index is 503. The summed E-state index contributed by atoms with van der Waals surface area (Å²) in [6.07, 6.45) is 0. The first-order valence-corrected chi connectivity index (χ1v) is 5.42. The first-order valence-electron chi connectivity index (χ1n) is 5.42. The molecule has 0 bridgehead atoms. The largest absolute Gasteiger partial charge is 0.506 e. The molecule has 3 N–H and O–H groups in total. The number of benzene rings is 1. The van der Waals surface area contributed by atoms with Crippen molar-refractivity contribution in [2.75, 3.05) is 7.11 Å². The molecule has 0 aliphatic heterocycles. The van der Waals surface area contributed by atoms with E-state index in [9.17, 15) is 9.90 Å². The van der Waals surface area contributed by atoms with Gasteiger partial charge in [0.05, 0.1) is 18.1 Å². The summed E-state index contributed by atoms with van der Waals surface area (Å²) < 4.78 is 4.69. The fourth-order valence-electron chi connectivity index (χ4n) is 1.68. The van der Waals surface area contributed by atoms with Crippen molar-refractivity contribution in [1.29, 1.82) is 5.26 Å². The van der Waals surface area contributed by atoms with Crippen molar-refractivity contribution in [3.05, 3.63) is 29.3 Å². The van der Waals surface area contributed by atoms with Gasteiger partial charge in [0.25, 0.3) is 0 Å². The quantitative estimate of drug-likeness (QED) is 0.789. The molecule has 1 atom stereocenters. The number of rotatable bonds is 3. The van der Waals surface area contributed by atoms with E-state index in [1.165, 1.54) is 13.2 Å². The third-order valence-corrected chi connectivity index (χ3v) is 3.01. The van der Waals surface area contributed by atoms with Crippen molar-refractivity contribution >= 4 is 5.97 Å². The number of aromatic hydroxyl groups is 1. The van der Waals surface area contributed by atoms with Crippen molar-refractivity contribution in [1.82, 2.24) is 0 Å². The van der Waals surface area contributed by atoms with Gasteiger partial charge in [0.15, 0.2) is 0 Å².